The quantitative estimate of drug-likeness (QED) is 0.537. The molecule has 0 spiro atoms. The number of pyridine rings is 2. The van der Waals surface area contributed by atoms with Gasteiger partial charge < -0.3 is 5.32 Å². The van der Waals surface area contributed by atoms with Gasteiger partial charge in [-0.3, -0.25) is 9.88 Å². The molecule has 1 aromatic carbocycles. The molecule has 0 amide bonds. The first kappa shape index (κ1) is 19.8. The molecule has 0 bridgehead atoms. The van der Waals surface area contributed by atoms with Crippen molar-refractivity contribution in [2.45, 2.75) is 32.5 Å². The maximum absolute atomic E-state index is 13.5. The van der Waals surface area contributed by atoms with Gasteiger partial charge in [-0.2, -0.15) is 5.10 Å². The molecule has 0 radical (unpaired) electrons. The van der Waals surface area contributed by atoms with E-state index in [1.165, 1.54) is 17.7 Å². The van der Waals surface area contributed by atoms with Gasteiger partial charge in [0.2, 0.25) is 0 Å². The van der Waals surface area contributed by atoms with Gasteiger partial charge in [-0.05, 0) is 67.4 Å². The molecule has 1 N–H and O–H groups in total. The van der Waals surface area contributed by atoms with Crippen molar-refractivity contribution in [2.75, 3.05) is 13.1 Å². The van der Waals surface area contributed by atoms with Gasteiger partial charge in [0, 0.05) is 61.4 Å². The normalized spacial score (nSPS) is 19.7. The SMILES string of the molecule is C[C@@H]1CN(Cc2ccc3c(-c4ccncc4)c(-c4ccc(F)cc4)nn3c2)C[C@H](C)N1. The fourth-order valence-corrected chi connectivity index (χ4v) is 4.63. The van der Waals surface area contributed by atoms with Crippen LogP contribution in [0, 0.1) is 5.82 Å². The molecular formula is C25H26FN5. The highest BCUT2D eigenvalue weighted by Crippen LogP contribution is 2.35. The molecule has 2 atom stereocenters. The van der Waals surface area contributed by atoms with Gasteiger partial charge in [0.15, 0.2) is 0 Å². The fraction of sp³-hybridized carbons (Fsp3) is 0.280. The predicted molar refractivity (Wildman–Crippen MR) is 121 cm³/mol. The van der Waals surface area contributed by atoms with Crippen molar-refractivity contribution in [3.05, 3.63) is 78.5 Å². The van der Waals surface area contributed by atoms with Crippen molar-refractivity contribution in [3.63, 3.8) is 0 Å². The highest BCUT2D eigenvalue weighted by atomic mass is 19.1. The van der Waals surface area contributed by atoms with E-state index in [1.54, 1.807) is 24.5 Å². The zero-order valence-corrected chi connectivity index (χ0v) is 17.8. The number of nitrogens with zero attached hydrogens (tertiary/aromatic N) is 4. The number of fused-ring (bicyclic) bond motifs is 1. The number of aromatic nitrogens is 3. The second kappa shape index (κ2) is 8.21. The first-order chi connectivity index (χ1) is 15.1. The van der Waals surface area contributed by atoms with Crippen molar-refractivity contribution >= 4 is 5.52 Å². The van der Waals surface area contributed by atoms with Crippen molar-refractivity contribution in [1.29, 1.82) is 0 Å². The Hall–Kier alpha value is -3.09. The minimum absolute atomic E-state index is 0.250. The summed E-state index contributed by atoms with van der Waals surface area (Å²) in [5.74, 6) is -0.250. The summed E-state index contributed by atoms with van der Waals surface area (Å²) in [5, 5.41) is 8.50. The summed E-state index contributed by atoms with van der Waals surface area (Å²) >= 11 is 0. The zero-order chi connectivity index (χ0) is 21.4. The van der Waals surface area contributed by atoms with Crippen LogP contribution in [0.5, 0.6) is 0 Å². The van der Waals surface area contributed by atoms with Gasteiger partial charge in [0.25, 0.3) is 0 Å². The van der Waals surface area contributed by atoms with Crippen LogP contribution in [0.15, 0.2) is 67.1 Å². The maximum Gasteiger partial charge on any atom is 0.123 e. The molecule has 31 heavy (non-hydrogen) atoms. The van der Waals surface area contributed by atoms with Crippen LogP contribution < -0.4 is 5.32 Å². The second-order valence-corrected chi connectivity index (χ2v) is 8.50. The Labute approximate surface area is 181 Å². The fourth-order valence-electron chi connectivity index (χ4n) is 4.63. The van der Waals surface area contributed by atoms with Crippen molar-refractivity contribution in [1.82, 2.24) is 24.8 Å². The molecule has 1 saturated heterocycles. The van der Waals surface area contributed by atoms with E-state index in [9.17, 15) is 4.39 Å². The number of nitrogens with one attached hydrogen (secondary N) is 1. The van der Waals surface area contributed by atoms with Crippen molar-refractivity contribution in [3.8, 4) is 22.4 Å². The lowest BCUT2D eigenvalue weighted by molar-refractivity contribution is 0.166. The maximum atomic E-state index is 13.5. The Morgan fingerprint density at radius 2 is 1.65 bits per heavy atom. The van der Waals surface area contributed by atoms with E-state index >= 15 is 0 Å². The van der Waals surface area contributed by atoms with Crippen molar-refractivity contribution < 1.29 is 4.39 Å². The number of hydrogen-bond donors (Lipinski definition) is 1. The molecule has 5 rings (SSSR count). The van der Waals surface area contributed by atoms with E-state index in [2.05, 4.69) is 47.4 Å². The van der Waals surface area contributed by atoms with Gasteiger partial charge in [-0.15, -0.1) is 0 Å². The van der Waals surface area contributed by atoms with E-state index < -0.39 is 0 Å². The molecule has 4 heterocycles. The minimum Gasteiger partial charge on any atom is -0.309 e. The molecular weight excluding hydrogens is 389 g/mol. The number of benzene rings is 1. The van der Waals surface area contributed by atoms with Crippen LogP contribution in [0.3, 0.4) is 0 Å². The summed E-state index contributed by atoms with van der Waals surface area (Å²) < 4.78 is 15.5. The third kappa shape index (κ3) is 4.09. The summed E-state index contributed by atoms with van der Waals surface area (Å²) in [6.07, 6.45) is 5.69. The Kier molecular flexibility index (Phi) is 5.26. The average Bonchev–Trinajstić information content (AvgIpc) is 3.13. The van der Waals surface area contributed by atoms with E-state index in [4.69, 9.17) is 5.10 Å². The zero-order valence-electron chi connectivity index (χ0n) is 17.8. The van der Waals surface area contributed by atoms with Crippen LogP contribution in [0.2, 0.25) is 0 Å². The molecule has 5 nitrogen and oxygen atoms in total. The molecule has 158 valence electrons. The lowest BCUT2D eigenvalue weighted by atomic mass is 10.0. The number of halogens is 1. The monoisotopic (exact) mass is 415 g/mol. The van der Waals surface area contributed by atoms with Gasteiger partial charge in [0.1, 0.15) is 11.5 Å². The van der Waals surface area contributed by atoms with Gasteiger partial charge in [0.05, 0.1) is 5.52 Å². The Bertz CT molecular complexity index is 1180. The van der Waals surface area contributed by atoms with Crippen LogP contribution in [0.4, 0.5) is 4.39 Å². The molecule has 1 aliphatic rings. The highest BCUT2D eigenvalue weighted by molar-refractivity contribution is 5.92. The molecule has 0 unspecified atom stereocenters. The summed E-state index contributed by atoms with van der Waals surface area (Å²) in [6, 6.07) is 15.8. The standard InChI is InChI=1S/C25H26FN5/c1-17-13-30(14-18(2)28-17)15-19-3-8-23-24(20-9-11-27-12-10-20)25(29-31(23)16-19)21-4-6-22(26)7-5-21/h3-12,16-18,28H,13-15H2,1-2H3/t17-,18+. The Morgan fingerprint density at radius 1 is 0.935 bits per heavy atom. The van der Waals surface area contributed by atoms with Gasteiger partial charge >= 0.3 is 0 Å². The minimum atomic E-state index is -0.250. The molecule has 0 aliphatic carbocycles. The first-order valence-corrected chi connectivity index (χ1v) is 10.7. The van der Waals surface area contributed by atoms with E-state index in [0.717, 1.165) is 47.5 Å². The van der Waals surface area contributed by atoms with E-state index in [1.807, 2.05) is 16.6 Å². The number of piperazine rings is 1. The summed E-state index contributed by atoms with van der Waals surface area (Å²) in [7, 11) is 0. The van der Waals surface area contributed by atoms with Crippen LogP contribution >= 0.6 is 0 Å². The van der Waals surface area contributed by atoms with Crippen LogP contribution in [0.1, 0.15) is 19.4 Å². The summed E-state index contributed by atoms with van der Waals surface area (Å²) in [6.45, 7) is 7.42. The smallest absolute Gasteiger partial charge is 0.123 e. The number of hydrogen-bond acceptors (Lipinski definition) is 4. The lowest BCUT2D eigenvalue weighted by Crippen LogP contribution is -2.53. The lowest BCUT2D eigenvalue weighted by Gasteiger charge is -2.36. The third-order valence-electron chi connectivity index (χ3n) is 5.82. The molecule has 4 aromatic rings. The summed E-state index contributed by atoms with van der Waals surface area (Å²) in [4.78, 5) is 6.64. The highest BCUT2D eigenvalue weighted by Gasteiger charge is 2.22. The topological polar surface area (TPSA) is 45.5 Å². The van der Waals surface area contributed by atoms with Gasteiger partial charge in [-0.1, -0.05) is 6.07 Å². The average molecular weight is 416 g/mol. The third-order valence-corrected chi connectivity index (χ3v) is 5.82. The summed E-state index contributed by atoms with van der Waals surface area (Å²) in [5.41, 5.74) is 6.06. The van der Waals surface area contributed by atoms with Crippen LogP contribution in [-0.4, -0.2) is 44.7 Å². The first-order valence-electron chi connectivity index (χ1n) is 10.7. The largest absolute Gasteiger partial charge is 0.309 e. The van der Waals surface area contributed by atoms with Crippen LogP contribution in [-0.2, 0) is 6.54 Å². The number of rotatable bonds is 4. The molecule has 1 aliphatic heterocycles. The molecule has 0 saturated carbocycles. The Morgan fingerprint density at radius 3 is 2.35 bits per heavy atom. The van der Waals surface area contributed by atoms with E-state index in [-0.39, 0.29) is 5.82 Å². The van der Waals surface area contributed by atoms with Crippen molar-refractivity contribution in [2.24, 2.45) is 0 Å². The van der Waals surface area contributed by atoms with Gasteiger partial charge in [-0.25, -0.2) is 8.91 Å². The molecule has 6 heteroatoms. The molecule has 3 aromatic heterocycles. The molecule has 1 fully saturated rings. The Balaban J connectivity index is 1.57. The van der Waals surface area contributed by atoms with Crippen LogP contribution in [0.25, 0.3) is 27.9 Å². The predicted octanol–water partition coefficient (Wildman–Crippen LogP) is 4.38. The second-order valence-electron chi connectivity index (χ2n) is 8.50. The van der Waals surface area contributed by atoms with E-state index in [0.29, 0.717) is 12.1 Å².